The molecule has 1 aromatic rings. The lowest BCUT2D eigenvalue weighted by molar-refractivity contribution is -0.0361. The summed E-state index contributed by atoms with van der Waals surface area (Å²) in [6.07, 6.45) is 6.74. The molecule has 28 heavy (non-hydrogen) atoms. The molecule has 4 rings (SSSR count). The highest BCUT2D eigenvalue weighted by atomic mass is 35.5. The number of nitrogens with zero attached hydrogens (tertiary/aromatic N) is 1. The van der Waals surface area contributed by atoms with Crippen LogP contribution in [0, 0.1) is 0 Å². The number of hydrogen-bond acceptors (Lipinski definition) is 5. The Morgan fingerprint density at radius 1 is 1.04 bits per heavy atom. The molecule has 1 amide bonds. The summed E-state index contributed by atoms with van der Waals surface area (Å²) >= 11 is 6.35. The zero-order valence-corrected chi connectivity index (χ0v) is 17.1. The molecule has 7 heteroatoms. The molecular weight excluding hydrogens is 380 g/mol. The van der Waals surface area contributed by atoms with Crippen LogP contribution in [0.5, 0.6) is 11.5 Å². The average molecular weight is 409 g/mol. The predicted molar refractivity (Wildman–Crippen MR) is 108 cm³/mol. The van der Waals surface area contributed by atoms with Crippen LogP contribution in [-0.4, -0.2) is 62.4 Å². The largest absolute Gasteiger partial charge is 0.489 e. The molecule has 0 unspecified atom stereocenters. The van der Waals surface area contributed by atoms with Gasteiger partial charge in [0.25, 0.3) is 5.91 Å². The number of hydrogen-bond donors (Lipinski definition) is 1. The second-order valence-corrected chi connectivity index (χ2v) is 8.31. The van der Waals surface area contributed by atoms with Gasteiger partial charge in [-0.3, -0.25) is 9.69 Å². The maximum Gasteiger partial charge on any atom is 0.251 e. The Labute approximate surface area is 171 Å². The van der Waals surface area contributed by atoms with Crippen LogP contribution < -0.4 is 14.8 Å². The summed E-state index contributed by atoms with van der Waals surface area (Å²) in [6, 6.07) is 3.41. The van der Waals surface area contributed by atoms with E-state index < -0.39 is 0 Å². The summed E-state index contributed by atoms with van der Waals surface area (Å²) in [5.74, 6) is 0.972. The third-order valence-corrected chi connectivity index (χ3v) is 6.39. The number of morpholine rings is 1. The molecular formula is C21H29ClN2O4. The summed E-state index contributed by atoms with van der Waals surface area (Å²) in [7, 11) is 0. The molecule has 6 nitrogen and oxygen atoms in total. The van der Waals surface area contributed by atoms with Gasteiger partial charge in [-0.15, -0.1) is 0 Å². The highest BCUT2D eigenvalue weighted by Gasteiger charge is 2.39. The number of rotatable bonds is 4. The molecule has 1 saturated carbocycles. The summed E-state index contributed by atoms with van der Waals surface area (Å²) in [5.41, 5.74) is 0.550. The van der Waals surface area contributed by atoms with E-state index in [2.05, 4.69) is 10.2 Å². The number of ether oxygens (including phenoxy) is 3. The number of carbonyl (C=O) groups is 1. The van der Waals surface area contributed by atoms with Gasteiger partial charge in [0.15, 0.2) is 11.5 Å². The maximum atomic E-state index is 12.9. The number of fused-ring (bicyclic) bond motifs is 1. The van der Waals surface area contributed by atoms with E-state index in [0.29, 0.717) is 41.8 Å². The Hall–Kier alpha value is -1.50. The second kappa shape index (κ2) is 8.89. The van der Waals surface area contributed by atoms with Gasteiger partial charge in [0, 0.05) is 37.2 Å². The Bertz CT molecular complexity index is 700. The standard InChI is InChI=1S/C21H29ClN2O4/c22-17-13-16(14-18-19(17)28-10-4-9-27-18)20(25)23-15-21(5-2-1-3-6-21)24-7-11-26-12-8-24/h13-14H,1-12,15H2,(H,23,25). The Morgan fingerprint density at radius 3 is 2.57 bits per heavy atom. The van der Waals surface area contributed by atoms with Crippen LogP contribution in [0.2, 0.25) is 5.02 Å². The fourth-order valence-corrected chi connectivity index (χ4v) is 4.83. The van der Waals surface area contributed by atoms with E-state index in [9.17, 15) is 4.79 Å². The van der Waals surface area contributed by atoms with Gasteiger partial charge < -0.3 is 19.5 Å². The van der Waals surface area contributed by atoms with Crippen LogP contribution in [0.25, 0.3) is 0 Å². The van der Waals surface area contributed by atoms with Gasteiger partial charge in [0.2, 0.25) is 0 Å². The Balaban J connectivity index is 1.48. The first kappa shape index (κ1) is 19.8. The van der Waals surface area contributed by atoms with Gasteiger partial charge in [0.1, 0.15) is 0 Å². The van der Waals surface area contributed by atoms with Crippen molar-refractivity contribution in [2.75, 3.05) is 46.1 Å². The molecule has 1 aliphatic carbocycles. The third kappa shape index (κ3) is 4.24. The quantitative estimate of drug-likeness (QED) is 0.828. The van der Waals surface area contributed by atoms with Gasteiger partial charge in [-0.25, -0.2) is 0 Å². The number of amides is 1. The average Bonchev–Trinajstić information content (AvgIpc) is 2.99. The van der Waals surface area contributed by atoms with E-state index in [1.54, 1.807) is 12.1 Å². The first-order valence-corrected chi connectivity index (χ1v) is 10.8. The number of carbonyl (C=O) groups excluding carboxylic acids is 1. The molecule has 2 aliphatic heterocycles. The van der Waals surface area contributed by atoms with Crippen molar-refractivity contribution in [3.05, 3.63) is 22.7 Å². The number of halogens is 1. The Morgan fingerprint density at radius 2 is 1.79 bits per heavy atom. The predicted octanol–water partition coefficient (Wildman–Crippen LogP) is 3.27. The van der Waals surface area contributed by atoms with Crippen molar-refractivity contribution < 1.29 is 19.0 Å². The molecule has 0 bridgehead atoms. The molecule has 1 N–H and O–H groups in total. The molecule has 154 valence electrons. The van der Waals surface area contributed by atoms with E-state index in [1.807, 2.05) is 0 Å². The maximum absolute atomic E-state index is 12.9. The van der Waals surface area contributed by atoms with Crippen molar-refractivity contribution in [2.24, 2.45) is 0 Å². The lowest BCUT2D eigenvalue weighted by atomic mass is 9.79. The van der Waals surface area contributed by atoms with Crippen LogP contribution in [0.4, 0.5) is 0 Å². The highest BCUT2D eigenvalue weighted by molar-refractivity contribution is 6.32. The summed E-state index contributed by atoms with van der Waals surface area (Å²) in [6.45, 7) is 5.20. The van der Waals surface area contributed by atoms with E-state index in [0.717, 1.165) is 45.6 Å². The molecule has 0 radical (unpaired) electrons. The van der Waals surface area contributed by atoms with Crippen molar-refractivity contribution in [1.29, 1.82) is 0 Å². The van der Waals surface area contributed by atoms with Gasteiger partial charge in [-0.2, -0.15) is 0 Å². The molecule has 3 aliphatic rings. The van der Waals surface area contributed by atoms with E-state index in [-0.39, 0.29) is 11.4 Å². The summed E-state index contributed by atoms with van der Waals surface area (Å²) in [4.78, 5) is 15.5. The van der Waals surface area contributed by atoms with Crippen LogP contribution >= 0.6 is 11.6 Å². The van der Waals surface area contributed by atoms with Gasteiger partial charge >= 0.3 is 0 Å². The lowest BCUT2D eigenvalue weighted by Crippen LogP contribution is -2.59. The summed E-state index contributed by atoms with van der Waals surface area (Å²) in [5, 5.41) is 3.60. The monoisotopic (exact) mass is 408 g/mol. The molecule has 0 spiro atoms. The zero-order chi connectivity index (χ0) is 19.4. The fourth-order valence-electron chi connectivity index (χ4n) is 4.56. The minimum Gasteiger partial charge on any atom is -0.489 e. The molecule has 0 aromatic heterocycles. The molecule has 2 fully saturated rings. The van der Waals surface area contributed by atoms with Crippen molar-refractivity contribution in [3.8, 4) is 11.5 Å². The minimum atomic E-state index is -0.115. The van der Waals surface area contributed by atoms with Crippen LogP contribution in [0.15, 0.2) is 12.1 Å². The smallest absolute Gasteiger partial charge is 0.251 e. The molecule has 2 heterocycles. The number of nitrogens with one attached hydrogen (secondary N) is 1. The SMILES string of the molecule is O=C(NCC1(N2CCOCC2)CCCCC1)c1cc(Cl)c2c(c1)OCCCO2. The highest BCUT2D eigenvalue weighted by Crippen LogP contribution is 2.38. The normalized spacial score (nSPS) is 22.3. The topological polar surface area (TPSA) is 60.0 Å². The van der Waals surface area contributed by atoms with E-state index in [4.69, 9.17) is 25.8 Å². The van der Waals surface area contributed by atoms with Gasteiger partial charge in [-0.05, 0) is 25.0 Å². The van der Waals surface area contributed by atoms with Gasteiger partial charge in [-0.1, -0.05) is 30.9 Å². The minimum absolute atomic E-state index is 0.0345. The van der Waals surface area contributed by atoms with Crippen molar-refractivity contribution in [1.82, 2.24) is 10.2 Å². The lowest BCUT2D eigenvalue weighted by Gasteiger charge is -2.48. The number of benzene rings is 1. The van der Waals surface area contributed by atoms with Crippen molar-refractivity contribution in [3.63, 3.8) is 0 Å². The first-order valence-electron chi connectivity index (χ1n) is 10.4. The Kier molecular flexibility index (Phi) is 6.28. The van der Waals surface area contributed by atoms with E-state index >= 15 is 0 Å². The van der Waals surface area contributed by atoms with Gasteiger partial charge in [0.05, 0.1) is 31.5 Å². The second-order valence-electron chi connectivity index (χ2n) is 7.90. The molecule has 1 aromatic carbocycles. The third-order valence-electron chi connectivity index (χ3n) is 6.11. The van der Waals surface area contributed by atoms with Crippen LogP contribution in [0.3, 0.4) is 0 Å². The summed E-state index contributed by atoms with van der Waals surface area (Å²) < 4.78 is 16.9. The molecule has 1 saturated heterocycles. The van der Waals surface area contributed by atoms with E-state index in [1.165, 1.54) is 19.3 Å². The molecule has 0 atom stereocenters. The first-order chi connectivity index (χ1) is 13.7. The van der Waals surface area contributed by atoms with Crippen molar-refractivity contribution in [2.45, 2.75) is 44.1 Å². The van der Waals surface area contributed by atoms with Crippen molar-refractivity contribution >= 4 is 17.5 Å². The van der Waals surface area contributed by atoms with Crippen LogP contribution in [-0.2, 0) is 4.74 Å². The zero-order valence-electron chi connectivity index (χ0n) is 16.3. The van der Waals surface area contributed by atoms with Crippen LogP contribution in [0.1, 0.15) is 48.9 Å². The fraction of sp³-hybridized carbons (Fsp3) is 0.667.